The highest BCUT2D eigenvalue weighted by Gasteiger charge is 2.21. The van der Waals surface area contributed by atoms with Crippen LogP contribution in [0.15, 0.2) is 89.7 Å². The summed E-state index contributed by atoms with van der Waals surface area (Å²) in [5.41, 5.74) is 4.43. The molecule has 1 N–H and O–H groups in total. The van der Waals surface area contributed by atoms with E-state index in [4.69, 9.17) is 0 Å². The fraction of sp³-hybridized carbons (Fsp3) is 0.115. The number of rotatable bonds is 6. The molecule has 0 saturated carbocycles. The summed E-state index contributed by atoms with van der Waals surface area (Å²) in [5, 5.41) is 7.67. The summed E-state index contributed by atoms with van der Waals surface area (Å²) in [6.07, 6.45) is 0. The highest BCUT2D eigenvalue weighted by molar-refractivity contribution is 6.05. The molecular weight excluding hydrogens is 386 g/mol. The van der Waals surface area contributed by atoms with Gasteiger partial charge in [0.25, 0.3) is 5.56 Å². The van der Waals surface area contributed by atoms with Gasteiger partial charge >= 0.3 is 0 Å². The molecule has 0 atom stereocenters. The van der Waals surface area contributed by atoms with Crippen LogP contribution < -0.4 is 10.9 Å². The monoisotopic (exact) mass is 409 g/mol. The van der Waals surface area contributed by atoms with Crippen molar-refractivity contribution in [1.82, 2.24) is 9.78 Å². The number of aromatic nitrogens is 2. The lowest BCUT2D eigenvalue weighted by Crippen LogP contribution is -2.28. The lowest BCUT2D eigenvalue weighted by atomic mass is 10.0. The van der Waals surface area contributed by atoms with Crippen LogP contribution in [0, 0.1) is 0 Å². The van der Waals surface area contributed by atoms with Crippen molar-refractivity contribution in [1.29, 1.82) is 0 Å². The number of aryl methyl sites for hydroxylation is 1. The van der Waals surface area contributed by atoms with E-state index in [0.717, 1.165) is 22.4 Å². The molecule has 0 amide bonds. The number of nitrogens with zero attached hydrogens (tertiary/aromatic N) is 2. The SMILES string of the molecule is CCn1nc(-c2ccccc2)c(C(C)=O)c(Nc2ccc(-c3ccccc3)cc2)c1=O. The van der Waals surface area contributed by atoms with Gasteiger partial charge in [-0.15, -0.1) is 0 Å². The number of anilines is 2. The van der Waals surface area contributed by atoms with Crippen molar-refractivity contribution in [2.24, 2.45) is 0 Å². The van der Waals surface area contributed by atoms with Crippen LogP contribution in [0.2, 0.25) is 0 Å². The molecule has 0 spiro atoms. The third kappa shape index (κ3) is 4.16. The predicted octanol–water partition coefficient (Wildman–Crippen LogP) is 5.54. The number of hydrogen-bond acceptors (Lipinski definition) is 4. The van der Waals surface area contributed by atoms with Crippen LogP contribution in [0.1, 0.15) is 24.2 Å². The summed E-state index contributed by atoms with van der Waals surface area (Å²) in [6.45, 7) is 3.72. The van der Waals surface area contributed by atoms with Crippen LogP contribution in [-0.2, 0) is 6.54 Å². The molecule has 3 aromatic carbocycles. The number of benzene rings is 3. The third-order valence-electron chi connectivity index (χ3n) is 5.12. The molecule has 0 aliphatic heterocycles. The van der Waals surface area contributed by atoms with Gasteiger partial charge in [-0.25, -0.2) is 4.68 Å². The summed E-state index contributed by atoms with van der Waals surface area (Å²) in [4.78, 5) is 25.7. The Hall–Kier alpha value is -3.99. The summed E-state index contributed by atoms with van der Waals surface area (Å²) in [6, 6.07) is 27.3. The normalized spacial score (nSPS) is 10.6. The van der Waals surface area contributed by atoms with Gasteiger partial charge in [-0.2, -0.15) is 5.10 Å². The second-order valence-corrected chi connectivity index (χ2v) is 7.21. The Bertz CT molecular complexity index is 1260. The molecule has 0 radical (unpaired) electrons. The molecule has 0 saturated heterocycles. The number of ketones is 1. The lowest BCUT2D eigenvalue weighted by Gasteiger charge is -2.16. The van der Waals surface area contributed by atoms with Crippen molar-refractivity contribution in [3.8, 4) is 22.4 Å². The van der Waals surface area contributed by atoms with Crippen LogP contribution >= 0.6 is 0 Å². The van der Waals surface area contributed by atoms with Gasteiger partial charge in [-0.1, -0.05) is 72.8 Å². The Morgan fingerprint density at radius 2 is 1.39 bits per heavy atom. The average molecular weight is 409 g/mol. The molecule has 0 bridgehead atoms. The Morgan fingerprint density at radius 1 is 0.839 bits per heavy atom. The standard InChI is InChI=1S/C26H23N3O2/c1-3-29-26(31)25(23(18(2)30)24(28-29)21-12-8-5-9-13-21)27-22-16-14-20(15-17-22)19-10-6-4-7-11-19/h4-17,27H,3H2,1-2H3. The van der Waals surface area contributed by atoms with Crippen LogP contribution in [0.4, 0.5) is 11.4 Å². The maximum absolute atomic E-state index is 13.1. The first kappa shape index (κ1) is 20.3. The zero-order valence-corrected chi connectivity index (χ0v) is 17.5. The maximum Gasteiger partial charge on any atom is 0.291 e. The first-order chi connectivity index (χ1) is 15.1. The minimum Gasteiger partial charge on any atom is -0.350 e. The molecule has 1 aromatic heterocycles. The highest BCUT2D eigenvalue weighted by Crippen LogP contribution is 2.28. The molecule has 5 nitrogen and oxygen atoms in total. The van der Waals surface area contributed by atoms with Gasteiger partial charge < -0.3 is 5.32 Å². The van der Waals surface area contributed by atoms with Gasteiger partial charge in [0.1, 0.15) is 11.4 Å². The van der Waals surface area contributed by atoms with E-state index in [9.17, 15) is 9.59 Å². The van der Waals surface area contributed by atoms with Crippen LogP contribution in [0.25, 0.3) is 22.4 Å². The van der Waals surface area contributed by atoms with Gasteiger partial charge in [0, 0.05) is 17.8 Å². The van der Waals surface area contributed by atoms with E-state index in [2.05, 4.69) is 10.4 Å². The molecule has 4 aromatic rings. The Labute approximate surface area is 181 Å². The van der Waals surface area contributed by atoms with E-state index < -0.39 is 0 Å². The number of carbonyl (C=O) groups excluding carboxylic acids is 1. The van der Waals surface area contributed by atoms with Gasteiger partial charge in [0.05, 0.1) is 5.56 Å². The second-order valence-electron chi connectivity index (χ2n) is 7.21. The zero-order chi connectivity index (χ0) is 21.8. The molecule has 0 fully saturated rings. The average Bonchev–Trinajstić information content (AvgIpc) is 2.81. The molecule has 0 aliphatic rings. The first-order valence-electron chi connectivity index (χ1n) is 10.2. The number of carbonyl (C=O) groups is 1. The minimum atomic E-state index is -0.320. The van der Waals surface area contributed by atoms with Crippen molar-refractivity contribution < 1.29 is 4.79 Å². The van der Waals surface area contributed by atoms with Crippen molar-refractivity contribution in [3.05, 3.63) is 101 Å². The molecule has 4 rings (SSSR count). The number of Topliss-reactive ketones (excluding diaryl/α,β-unsaturated/α-hetero) is 1. The Kier molecular flexibility index (Phi) is 5.76. The van der Waals surface area contributed by atoms with E-state index in [1.54, 1.807) is 0 Å². The summed E-state index contributed by atoms with van der Waals surface area (Å²) >= 11 is 0. The van der Waals surface area contributed by atoms with Crippen molar-refractivity contribution in [2.75, 3.05) is 5.32 Å². The van der Waals surface area contributed by atoms with E-state index in [1.165, 1.54) is 11.6 Å². The Morgan fingerprint density at radius 3 is 1.94 bits per heavy atom. The first-order valence-corrected chi connectivity index (χ1v) is 10.2. The van der Waals surface area contributed by atoms with E-state index in [-0.39, 0.29) is 17.0 Å². The van der Waals surface area contributed by atoms with E-state index >= 15 is 0 Å². The third-order valence-corrected chi connectivity index (χ3v) is 5.12. The molecule has 31 heavy (non-hydrogen) atoms. The summed E-state index contributed by atoms with van der Waals surface area (Å²) in [5.74, 6) is -0.213. The highest BCUT2D eigenvalue weighted by atomic mass is 16.1. The summed E-state index contributed by atoms with van der Waals surface area (Å²) < 4.78 is 1.38. The van der Waals surface area contributed by atoms with Crippen LogP contribution in [0.5, 0.6) is 0 Å². The van der Waals surface area contributed by atoms with E-state index in [1.807, 2.05) is 91.9 Å². The molecule has 0 unspecified atom stereocenters. The van der Waals surface area contributed by atoms with Gasteiger partial charge in [-0.05, 0) is 37.1 Å². The molecule has 5 heteroatoms. The molecule has 154 valence electrons. The maximum atomic E-state index is 13.1. The van der Waals surface area contributed by atoms with Crippen molar-refractivity contribution in [2.45, 2.75) is 20.4 Å². The van der Waals surface area contributed by atoms with Gasteiger partial charge in [0.2, 0.25) is 0 Å². The molecule has 0 aliphatic carbocycles. The molecule has 1 heterocycles. The summed E-state index contributed by atoms with van der Waals surface area (Å²) in [7, 11) is 0. The van der Waals surface area contributed by atoms with Crippen molar-refractivity contribution in [3.63, 3.8) is 0 Å². The molecular formula is C26H23N3O2. The largest absolute Gasteiger partial charge is 0.350 e. The van der Waals surface area contributed by atoms with Crippen LogP contribution in [-0.4, -0.2) is 15.6 Å². The van der Waals surface area contributed by atoms with Gasteiger partial charge in [0.15, 0.2) is 5.78 Å². The van der Waals surface area contributed by atoms with Crippen molar-refractivity contribution >= 4 is 17.2 Å². The fourth-order valence-electron chi connectivity index (χ4n) is 3.56. The second kappa shape index (κ2) is 8.79. The van der Waals surface area contributed by atoms with E-state index in [0.29, 0.717) is 17.8 Å². The lowest BCUT2D eigenvalue weighted by molar-refractivity contribution is 0.101. The predicted molar refractivity (Wildman–Crippen MR) is 125 cm³/mol. The topological polar surface area (TPSA) is 64.0 Å². The quantitative estimate of drug-likeness (QED) is 0.425. The smallest absolute Gasteiger partial charge is 0.291 e. The zero-order valence-electron chi connectivity index (χ0n) is 17.5. The van der Waals surface area contributed by atoms with Gasteiger partial charge in [-0.3, -0.25) is 9.59 Å². The van der Waals surface area contributed by atoms with Crippen LogP contribution in [0.3, 0.4) is 0 Å². The number of nitrogens with one attached hydrogen (secondary N) is 1. The Balaban J connectivity index is 1.80. The fourth-order valence-corrected chi connectivity index (χ4v) is 3.56. The number of hydrogen-bond donors (Lipinski definition) is 1. The minimum absolute atomic E-state index is 0.213.